The molecule has 2 aliphatic rings. The minimum Gasteiger partial charge on any atom is -0.494 e. The molecule has 0 bridgehead atoms. The van der Waals surface area contributed by atoms with Crippen LogP contribution in [0.15, 0.2) is 48.6 Å². The number of hydrogen-bond acceptors (Lipinski definition) is 2. The molecule has 0 aromatic heterocycles. The van der Waals surface area contributed by atoms with E-state index in [0.29, 0.717) is 23.5 Å². The molecule has 1 aliphatic heterocycles. The lowest BCUT2D eigenvalue weighted by atomic mass is 9.77. The van der Waals surface area contributed by atoms with Crippen molar-refractivity contribution in [3.8, 4) is 5.75 Å². The second-order valence-electron chi connectivity index (χ2n) is 6.33. The molecule has 0 saturated heterocycles. The van der Waals surface area contributed by atoms with Crippen LogP contribution < -0.4 is 10.1 Å². The van der Waals surface area contributed by atoms with Gasteiger partial charge in [0.25, 0.3) is 0 Å². The molecule has 2 aromatic carbocycles. The third-order valence-electron chi connectivity index (χ3n) is 4.93. The monoisotopic (exact) mass is 359 g/mol. The van der Waals surface area contributed by atoms with Gasteiger partial charge in [0, 0.05) is 27.2 Å². The van der Waals surface area contributed by atoms with Crippen LogP contribution in [-0.4, -0.2) is 6.61 Å². The highest BCUT2D eigenvalue weighted by atomic mass is 35.5. The summed E-state index contributed by atoms with van der Waals surface area (Å²) in [7, 11) is 0. The van der Waals surface area contributed by atoms with Crippen LogP contribution in [0.4, 0.5) is 5.69 Å². The van der Waals surface area contributed by atoms with E-state index >= 15 is 0 Å². The summed E-state index contributed by atoms with van der Waals surface area (Å²) in [5, 5.41) is 5.08. The molecular weight excluding hydrogens is 341 g/mol. The molecule has 0 amide bonds. The average Bonchev–Trinajstić information content (AvgIpc) is 3.04. The number of anilines is 1. The molecule has 1 N–H and O–H groups in total. The van der Waals surface area contributed by atoms with Gasteiger partial charge in [0.1, 0.15) is 5.75 Å². The van der Waals surface area contributed by atoms with Crippen LogP contribution in [0.25, 0.3) is 0 Å². The lowest BCUT2D eigenvalue weighted by Gasteiger charge is -2.38. The number of allylic oxidation sites excluding steroid dienone is 2. The number of ether oxygens (including phenoxy) is 1. The molecule has 1 aliphatic carbocycles. The number of hydrogen-bond donors (Lipinski definition) is 1. The SMILES string of the molecule is CCOc1ccc(C2Nc3cc(Cl)cc(Cl)c3C3C=CCC32)cc1. The van der Waals surface area contributed by atoms with Crippen molar-refractivity contribution in [2.75, 3.05) is 11.9 Å². The van der Waals surface area contributed by atoms with Gasteiger partial charge in [-0.25, -0.2) is 0 Å². The van der Waals surface area contributed by atoms with Gasteiger partial charge in [-0.05, 0) is 49.1 Å². The highest BCUT2D eigenvalue weighted by Gasteiger charge is 2.39. The van der Waals surface area contributed by atoms with Crippen LogP contribution in [0.2, 0.25) is 10.0 Å². The Bertz CT molecular complexity index is 785. The summed E-state index contributed by atoms with van der Waals surface area (Å²) in [6.45, 7) is 2.68. The van der Waals surface area contributed by atoms with Gasteiger partial charge in [-0.2, -0.15) is 0 Å². The zero-order chi connectivity index (χ0) is 16.7. The Balaban J connectivity index is 1.72. The van der Waals surface area contributed by atoms with Gasteiger partial charge in [0.05, 0.1) is 12.6 Å². The molecule has 0 fully saturated rings. The molecule has 4 rings (SSSR count). The molecule has 0 saturated carbocycles. The molecule has 2 aromatic rings. The van der Waals surface area contributed by atoms with E-state index in [2.05, 4.69) is 29.6 Å². The largest absolute Gasteiger partial charge is 0.494 e. The topological polar surface area (TPSA) is 21.3 Å². The molecule has 0 spiro atoms. The molecule has 2 nitrogen and oxygen atoms in total. The lowest BCUT2D eigenvalue weighted by molar-refractivity contribution is 0.340. The van der Waals surface area contributed by atoms with Crippen LogP contribution in [0.5, 0.6) is 5.75 Å². The van der Waals surface area contributed by atoms with Gasteiger partial charge in [-0.15, -0.1) is 0 Å². The van der Waals surface area contributed by atoms with Crippen molar-refractivity contribution in [1.82, 2.24) is 0 Å². The maximum atomic E-state index is 6.49. The van der Waals surface area contributed by atoms with E-state index < -0.39 is 0 Å². The standard InChI is InChI=1S/C20H19Cl2NO/c1-2-24-14-8-6-12(7-9-14)20-16-5-3-4-15(16)19-17(22)10-13(21)11-18(19)23-20/h3-4,6-11,15-16,20,23H,2,5H2,1H3. The smallest absolute Gasteiger partial charge is 0.119 e. The Labute approximate surface area is 152 Å². The average molecular weight is 360 g/mol. The number of fused-ring (bicyclic) bond motifs is 3. The van der Waals surface area contributed by atoms with Crippen LogP contribution in [0.1, 0.15) is 36.4 Å². The minimum atomic E-state index is 0.239. The van der Waals surface area contributed by atoms with Crippen molar-refractivity contribution in [3.63, 3.8) is 0 Å². The van der Waals surface area contributed by atoms with Crippen molar-refractivity contribution < 1.29 is 4.74 Å². The Morgan fingerprint density at radius 1 is 1.17 bits per heavy atom. The maximum Gasteiger partial charge on any atom is 0.119 e. The summed E-state index contributed by atoms with van der Waals surface area (Å²) in [6, 6.07) is 12.4. The van der Waals surface area contributed by atoms with E-state index in [-0.39, 0.29) is 6.04 Å². The van der Waals surface area contributed by atoms with Gasteiger partial charge >= 0.3 is 0 Å². The maximum absolute atomic E-state index is 6.49. The van der Waals surface area contributed by atoms with E-state index in [1.807, 2.05) is 31.2 Å². The predicted octanol–water partition coefficient (Wildman–Crippen LogP) is 6.22. The van der Waals surface area contributed by atoms with E-state index in [1.54, 1.807) is 0 Å². The number of nitrogens with one attached hydrogen (secondary N) is 1. The Hall–Kier alpha value is -1.64. The molecule has 1 heterocycles. The Morgan fingerprint density at radius 2 is 1.96 bits per heavy atom. The number of halogens is 2. The molecule has 0 radical (unpaired) electrons. The molecule has 4 heteroatoms. The zero-order valence-electron chi connectivity index (χ0n) is 13.4. The summed E-state index contributed by atoms with van der Waals surface area (Å²) in [4.78, 5) is 0. The second-order valence-corrected chi connectivity index (χ2v) is 7.17. The predicted molar refractivity (Wildman–Crippen MR) is 100 cm³/mol. The first-order chi connectivity index (χ1) is 11.7. The van der Waals surface area contributed by atoms with E-state index in [4.69, 9.17) is 27.9 Å². The summed E-state index contributed by atoms with van der Waals surface area (Å²) < 4.78 is 5.55. The minimum absolute atomic E-state index is 0.239. The summed E-state index contributed by atoms with van der Waals surface area (Å²) >= 11 is 12.7. The molecular formula is C20H19Cl2NO. The summed E-state index contributed by atoms with van der Waals surface area (Å²) in [6.07, 6.45) is 5.60. The third-order valence-corrected chi connectivity index (χ3v) is 5.46. The summed E-state index contributed by atoms with van der Waals surface area (Å²) in [5.41, 5.74) is 3.47. The number of benzene rings is 2. The first-order valence-electron chi connectivity index (χ1n) is 8.32. The Kier molecular flexibility index (Phi) is 4.19. The van der Waals surface area contributed by atoms with Crippen molar-refractivity contribution in [3.05, 3.63) is 69.7 Å². The Morgan fingerprint density at radius 3 is 2.71 bits per heavy atom. The fraction of sp³-hybridized carbons (Fsp3) is 0.300. The third kappa shape index (κ3) is 2.68. The first-order valence-corrected chi connectivity index (χ1v) is 9.08. The molecule has 3 atom stereocenters. The highest BCUT2D eigenvalue weighted by Crippen LogP contribution is 2.52. The van der Waals surface area contributed by atoms with Crippen LogP contribution in [0.3, 0.4) is 0 Å². The van der Waals surface area contributed by atoms with Gasteiger partial charge in [0.15, 0.2) is 0 Å². The quantitative estimate of drug-likeness (QED) is 0.656. The fourth-order valence-electron chi connectivity index (χ4n) is 3.91. The normalized spacial score (nSPS) is 24.2. The molecule has 124 valence electrons. The lowest BCUT2D eigenvalue weighted by Crippen LogP contribution is -2.29. The van der Waals surface area contributed by atoms with Crippen molar-refractivity contribution in [1.29, 1.82) is 0 Å². The summed E-state index contributed by atoms with van der Waals surface area (Å²) in [5.74, 6) is 1.71. The van der Waals surface area contributed by atoms with Crippen molar-refractivity contribution >= 4 is 28.9 Å². The zero-order valence-corrected chi connectivity index (χ0v) is 14.9. The van der Waals surface area contributed by atoms with Gasteiger partial charge in [-0.1, -0.05) is 47.5 Å². The van der Waals surface area contributed by atoms with Crippen LogP contribution in [0, 0.1) is 5.92 Å². The van der Waals surface area contributed by atoms with Crippen LogP contribution in [-0.2, 0) is 0 Å². The van der Waals surface area contributed by atoms with Gasteiger partial charge in [-0.3, -0.25) is 0 Å². The fourth-order valence-corrected chi connectivity index (χ4v) is 4.53. The van der Waals surface area contributed by atoms with Crippen LogP contribution >= 0.6 is 23.2 Å². The molecule has 24 heavy (non-hydrogen) atoms. The molecule has 3 unspecified atom stereocenters. The first kappa shape index (κ1) is 15.9. The highest BCUT2D eigenvalue weighted by molar-refractivity contribution is 6.35. The van der Waals surface area contributed by atoms with E-state index in [1.165, 1.54) is 11.1 Å². The second kappa shape index (κ2) is 6.34. The number of rotatable bonds is 3. The van der Waals surface area contributed by atoms with Crippen molar-refractivity contribution in [2.45, 2.75) is 25.3 Å². The van der Waals surface area contributed by atoms with Gasteiger partial charge < -0.3 is 10.1 Å². The van der Waals surface area contributed by atoms with E-state index in [0.717, 1.165) is 22.9 Å². The van der Waals surface area contributed by atoms with Gasteiger partial charge in [0.2, 0.25) is 0 Å². The van der Waals surface area contributed by atoms with Crippen molar-refractivity contribution in [2.24, 2.45) is 5.92 Å². The van der Waals surface area contributed by atoms with E-state index in [9.17, 15) is 0 Å².